The predicted molar refractivity (Wildman–Crippen MR) is 127 cm³/mol. The fraction of sp³-hybridized carbons (Fsp3) is 0.333. The van der Waals surface area contributed by atoms with Crippen molar-refractivity contribution in [3.05, 3.63) is 46.5 Å². The summed E-state index contributed by atoms with van der Waals surface area (Å²) in [6, 6.07) is 7.77. The molecule has 1 N–H and O–H groups in total. The van der Waals surface area contributed by atoms with Crippen molar-refractivity contribution in [3.63, 3.8) is 0 Å². The first kappa shape index (κ1) is 22.8. The summed E-state index contributed by atoms with van der Waals surface area (Å²) in [6.07, 6.45) is 0.526. The Morgan fingerprint density at radius 3 is 2.49 bits per heavy atom. The van der Waals surface area contributed by atoms with Crippen molar-refractivity contribution in [2.75, 3.05) is 31.0 Å². The number of anilines is 2. The predicted octanol–water partition coefficient (Wildman–Crippen LogP) is 3.36. The number of carbonyl (C=O) groups excluding carboxylic acids is 3. The second-order valence-corrected chi connectivity index (χ2v) is 9.01. The number of carbonyl (C=O) groups is 3. The van der Waals surface area contributed by atoms with Gasteiger partial charge in [-0.05, 0) is 31.0 Å². The molecule has 10 nitrogen and oxygen atoms in total. The third-order valence-electron chi connectivity index (χ3n) is 6.85. The van der Waals surface area contributed by atoms with E-state index in [0.717, 1.165) is 4.90 Å². The van der Waals surface area contributed by atoms with Crippen molar-refractivity contribution < 1.29 is 23.9 Å². The lowest BCUT2D eigenvalue weighted by Crippen LogP contribution is -2.55. The Morgan fingerprint density at radius 2 is 1.86 bits per heavy atom. The first-order valence-corrected chi connectivity index (χ1v) is 11.3. The van der Waals surface area contributed by atoms with Crippen molar-refractivity contribution in [2.24, 2.45) is 0 Å². The number of likely N-dealkylation sites (tertiary alicyclic amines) is 1. The van der Waals surface area contributed by atoms with Crippen molar-refractivity contribution in [2.45, 2.75) is 31.5 Å². The van der Waals surface area contributed by atoms with Gasteiger partial charge in [0.1, 0.15) is 23.6 Å². The van der Waals surface area contributed by atoms with Gasteiger partial charge in [0.05, 0.1) is 42.6 Å². The van der Waals surface area contributed by atoms with Gasteiger partial charge in [-0.2, -0.15) is 5.26 Å². The zero-order valence-electron chi connectivity index (χ0n) is 19.2. The van der Waals surface area contributed by atoms with Crippen LogP contribution in [0.25, 0.3) is 0 Å². The van der Waals surface area contributed by atoms with Crippen LogP contribution in [-0.4, -0.2) is 66.7 Å². The molecule has 3 aliphatic heterocycles. The Labute approximate surface area is 206 Å². The molecule has 5 amide bonds. The molecule has 0 aliphatic carbocycles. The number of rotatable bonds is 4. The largest absolute Gasteiger partial charge is 0.497 e. The number of methoxy groups -OCH3 is 2. The van der Waals surface area contributed by atoms with Gasteiger partial charge in [0.15, 0.2) is 0 Å². The topological polar surface area (TPSA) is 115 Å². The van der Waals surface area contributed by atoms with Crippen LogP contribution in [0.5, 0.6) is 11.5 Å². The fourth-order valence-electron chi connectivity index (χ4n) is 5.19. The second-order valence-electron chi connectivity index (χ2n) is 8.63. The second kappa shape index (κ2) is 8.36. The average molecular weight is 496 g/mol. The van der Waals surface area contributed by atoms with E-state index in [-0.39, 0.29) is 22.7 Å². The van der Waals surface area contributed by atoms with Crippen molar-refractivity contribution >= 4 is 40.9 Å². The first-order valence-electron chi connectivity index (χ1n) is 10.9. The van der Waals surface area contributed by atoms with E-state index in [1.807, 2.05) is 6.07 Å². The lowest BCUT2D eigenvalue weighted by molar-refractivity contribution is -0.120. The van der Waals surface area contributed by atoms with E-state index < -0.39 is 24.0 Å². The molecular formula is C24H22ClN5O5. The zero-order chi connectivity index (χ0) is 25.0. The molecule has 0 saturated carbocycles. The highest BCUT2D eigenvalue weighted by Crippen LogP contribution is 2.44. The molecule has 3 aliphatic rings. The lowest BCUT2D eigenvalue weighted by atomic mass is 10.1. The van der Waals surface area contributed by atoms with E-state index in [1.165, 1.54) is 20.3 Å². The molecule has 3 fully saturated rings. The smallest absolute Gasteiger partial charge is 0.332 e. The van der Waals surface area contributed by atoms with E-state index in [2.05, 4.69) is 5.32 Å². The molecule has 0 spiro atoms. The van der Waals surface area contributed by atoms with Gasteiger partial charge in [-0.25, -0.2) is 14.5 Å². The summed E-state index contributed by atoms with van der Waals surface area (Å²) in [4.78, 5) is 44.2. The number of halogens is 1. The summed E-state index contributed by atoms with van der Waals surface area (Å²) in [6.45, 7) is 1.98. The number of nitrogens with zero attached hydrogens (tertiary/aromatic N) is 4. The van der Waals surface area contributed by atoms with Gasteiger partial charge < -0.3 is 24.6 Å². The number of hydrogen-bond acceptors (Lipinski definition) is 6. The summed E-state index contributed by atoms with van der Waals surface area (Å²) >= 11 is 6.28. The van der Waals surface area contributed by atoms with Crippen LogP contribution in [-0.2, 0) is 4.79 Å². The van der Waals surface area contributed by atoms with Crippen LogP contribution in [0.2, 0.25) is 5.02 Å². The minimum atomic E-state index is -0.777. The van der Waals surface area contributed by atoms with Crippen LogP contribution in [0, 0.1) is 18.3 Å². The lowest BCUT2D eigenvalue weighted by Gasteiger charge is -2.34. The number of piperazine rings is 1. The number of urea groups is 2. The molecule has 2 unspecified atom stereocenters. The van der Waals surface area contributed by atoms with Crippen LogP contribution < -0.4 is 19.7 Å². The van der Waals surface area contributed by atoms with Crippen molar-refractivity contribution in [1.82, 2.24) is 9.80 Å². The molecule has 2 bridgehead atoms. The molecule has 3 saturated heterocycles. The SMILES string of the molecule is COc1cc(NC(=O)N2CC3CC2[C@@H]2C(=O)N(c4ccc(C#N)c(Cl)c4C)C(=O)N32)cc(OC)c1. The maximum Gasteiger partial charge on any atom is 0.332 e. The maximum atomic E-state index is 13.5. The minimum absolute atomic E-state index is 0.204. The van der Waals surface area contributed by atoms with Gasteiger partial charge in [-0.3, -0.25) is 4.79 Å². The monoisotopic (exact) mass is 495 g/mol. The summed E-state index contributed by atoms with van der Waals surface area (Å²) in [5.74, 6) is 0.641. The van der Waals surface area contributed by atoms with Gasteiger partial charge in [0, 0.05) is 30.4 Å². The Bertz CT molecular complexity index is 1290. The summed E-state index contributed by atoms with van der Waals surface area (Å²) in [7, 11) is 3.04. The standard InChI is InChI=1S/C24H22ClN5O5/c1-12-18(5-4-13(10-26)20(12)25)30-22(31)21-19-8-15(29(21)24(30)33)11-28(19)23(32)27-14-6-16(34-2)9-17(7-14)35-3/h4-7,9,15,19,21H,8,11H2,1-3H3,(H,27,32)/t15?,19?,21-/m1/s1. The molecule has 2 aromatic rings. The Balaban J connectivity index is 1.39. The van der Waals surface area contributed by atoms with E-state index in [4.69, 9.17) is 21.1 Å². The molecule has 3 atom stereocenters. The number of hydrogen-bond donors (Lipinski definition) is 1. The Morgan fingerprint density at radius 1 is 1.17 bits per heavy atom. The van der Waals surface area contributed by atoms with Gasteiger partial charge >= 0.3 is 12.1 Å². The number of benzene rings is 2. The number of amides is 5. The number of imide groups is 1. The van der Waals surface area contributed by atoms with Gasteiger partial charge in [-0.15, -0.1) is 0 Å². The number of fused-ring (bicyclic) bond motifs is 5. The average Bonchev–Trinajstić information content (AvgIpc) is 3.52. The first-order chi connectivity index (χ1) is 16.8. The molecule has 0 aromatic heterocycles. The summed E-state index contributed by atoms with van der Waals surface area (Å²) in [5.41, 5.74) is 1.58. The fourth-order valence-corrected chi connectivity index (χ4v) is 5.39. The normalized spacial score (nSPS) is 22.4. The van der Waals surface area contributed by atoms with E-state index in [1.54, 1.807) is 41.0 Å². The highest BCUT2D eigenvalue weighted by Gasteiger charge is 2.63. The molecule has 3 heterocycles. The molecular weight excluding hydrogens is 474 g/mol. The van der Waals surface area contributed by atoms with E-state index >= 15 is 0 Å². The van der Waals surface area contributed by atoms with Gasteiger partial charge in [0.25, 0.3) is 5.91 Å². The van der Waals surface area contributed by atoms with Crippen LogP contribution in [0.1, 0.15) is 17.5 Å². The minimum Gasteiger partial charge on any atom is -0.497 e. The van der Waals surface area contributed by atoms with Crippen molar-refractivity contribution in [3.8, 4) is 17.6 Å². The number of nitrogens with one attached hydrogen (secondary N) is 1. The van der Waals surface area contributed by atoms with Gasteiger partial charge in [0.2, 0.25) is 0 Å². The highest BCUT2D eigenvalue weighted by molar-refractivity contribution is 6.33. The summed E-state index contributed by atoms with van der Waals surface area (Å²) in [5, 5.41) is 12.3. The molecule has 11 heteroatoms. The molecule has 0 radical (unpaired) electrons. The molecule has 35 heavy (non-hydrogen) atoms. The quantitative estimate of drug-likeness (QED) is 0.650. The van der Waals surface area contributed by atoms with E-state index in [9.17, 15) is 19.6 Å². The van der Waals surface area contributed by atoms with Crippen LogP contribution in [0.4, 0.5) is 21.0 Å². The molecule has 180 valence electrons. The maximum absolute atomic E-state index is 13.5. The van der Waals surface area contributed by atoms with Crippen LogP contribution in [0.3, 0.4) is 0 Å². The Kier molecular flexibility index (Phi) is 5.44. The molecule has 5 rings (SSSR count). The third kappa shape index (κ3) is 3.42. The van der Waals surface area contributed by atoms with Crippen LogP contribution in [0.15, 0.2) is 30.3 Å². The molecule has 2 aromatic carbocycles. The van der Waals surface area contributed by atoms with Gasteiger partial charge in [-0.1, -0.05) is 11.6 Å². The van der Waals surface area contributed by atoms with Crippen LogP contribution >= 0.6 is 11.6 Å². The van der Waals surface area contributed by atoms with Crippen molar-refractivity contribution in [1.29, 1.82) is 5.26 Å². The number of ether oxygens (including phenoxy) is 2. The highest BCUT2D eigenvalue weighted by atomic mass is 35.5. The third-order valence-corrected chi connectivity index (χ3v) is 7.33. The number of nitriles is 1. The summed E-state index contributed by atoms with van der Waals surface area (Å²) < 4.78 is 10.5. The van der Waals surface area contributed by atoms with E-state index in [0.29, 0.717) is 41.4 Å². The zero-order valence-corrected chi connectivity index (χ0v) is 20.0. The Hall–Kier alpha value is -3.97.